The lowest BCUT2D eigenvalue weighted by Crippen LogP contribution is -2.18. The van der Waals surface area contributed by atoms with Gasteiger partial charge in [0.2, 0.25) is 5.89 Å². The summed E-state index contributed by atoms with van der Waals surface area (Å²) in [6.45, 7) is 5.70. The van der Waals surface area contributed by atoms with E-state index in [1.807, 2.05) is 6.92 Å². The number of aromatic amines is 1. The number of oxazole rings is 1. The van der Waals surface area contributed by atoms with E-state index in [4.69, 9.17) is 4.42 Å². The van der Waals surface area contributed by atoms with Gasteiger partial charge in [-0.2, -0.15) is 0 Å². The number of rotatable bonds is 3. The van der Waals surface area contributed by atoms with E-state index in [2.05, 4.69) is 19.9 Å². The number of hydrogen-bond donors (Lipinski definition) is 1. The first-order valence-corrected chi connectivity index (χ1v) is 6.40. The van der Waals surface area contributed by atoms with Gasteiger partial charge in [-0.3, -0.25) is 9.69 Å². The minimum atomic E-state index is -0.0355. The summed E-state index contributed by atoms with van der Waals surface area (Å²) < 4.78 is 5.59. The molecule has 0 aliphatic carbocycles. The highest BCUT2D eigenvalue weighted by molar-refractivity contribution is 5.21. The molecular weight excluding hydrogens is 244 g/mol. The first-order chi connectivity index (χ1) is 9.15. The molecule has 1 aliphatic heterocycles. The summed E-state index contributed by atoms with van der Waals surface area (Å²) in [4.78, 5) is 25.3. The molecule has 1 aliphatic rings. The topological polar surface area (TPSA) is 75.0 Å². The van der Waals surface area contributed by atoms with Crippen molar-refractivity contribution in [3.8, 4) is 0 Å². The Bertz CT molecular complexity index is 659. The van der Waals surface area contributed by atoms with Crippen LogP contribution in [0.15, 0.2) is 15.4 Å². The first kappa shape index (κ1) is 12.1. The molecule has 0 unspecified atom stereocenters. The Morgan fingerprint density at radius 1 is 1.47 bits per heavy atom. The average Bonchev–Trinajstić information content (AvgIpc) is 2.96. The van der Waals surface area contributed by atoms with Gasteiger partial charge in [-0.05, 0) is 6.92 Å². The number of aryl methyl sites for hydroxylation is 2. The summed E-state index contributed by atoms with van der Waals surface area (Å²) >= 11 is 0. The number of fused-ring (bicyclic) bond motifs is 1. The zero-order valence-corrected chi connectivity index (χ0v) is 11.1. The van der Waals surface area contributed by atoms with Crippen LogP contribution in [0, 0.1) is 6.92 Å². The minimum Gasteiger partial charge on any atom is -0.444 e. The highest BCUT2D eigenvalue weighted by Gasteiger charge is 2.24. The molecule has 0 saturated carbocycles. The Morgan fingerprint density at radius 3 is 3.05 bits per heavy atom. The second-order valence-corrected chi connectivity index (χ2v) is 4.80. The summed E-state index contributed by atoms with van der Waals surface area (Å²) in [5.41, 5.74) is 1.59. The van der Waals surface area contributed by atoms with Crippen LogP contribution in [0.5, 0.6) is 0 Å². The molecule has 100 valence electrons. The van der Waals surface area contributed by atoms with Gasteiger partial charge in [0.1, 0.15) is 11.6 Å². The number of nitrogens with zero attached hydrogens (tertiary/aromatic N) is 3. The zero-order valence-electron chi connectivity index (χ0n) is 11.1. The molecule has 1 N–H and O–H groups in total. The van der Waals surface area contributed by atoms with Gasteiger partial charge in [0.25, 0.3) is 5.56 Å². The van der Waals surface area contributed by atoms with Gasteiger partial charge in [-0.15, -0.1) is 0 Å². The van der Waals surface area contributed by atoms with Crippen molar-refractivity contribution in [2.45, 2.75) is 39.9 Å². The molecule has 0 amide bonds. The maximum absolute atomic E-state index is 11.8. The average molecular weight is 260 g/mol. The van der Waals surface area contributed by atoms with Gasteiger partial charge in [0, 0.05) is 19.5 Å². The normalized spacial score (nSPS) is 14.8. The van der Waals surface area contributed by atoms with Crippen LogP contribution in [0.1, 0.15) is 35.7 Å². The maximum Gasteiger partial charge on any atom is 0.255 e. The number of hydrogen-bond acceptors (Lipinski definition) is 5. The fraction of sp³-hybridized carbons (Fsp3) is 0.462. The van der Waals surface area contributed by atoms with Crippen molar-refractivity contribution in [2.75, 3.05) is 0 Å². The van der Waals surface area contributed by atoms with E-state index in [9.17, 15) is 4.79 Å². The molecule has 0 radical (unpaired) electrons. The van der Waals surface area contributed by atoms with E-state index in [1.165, 1.54) is 0 Å². The van der Waals surface area contributed by atoms with E-state index in [0.29, 0.717) is 31.3 Å². The number of nitrogens with one attached hydrogen (secondary N) is 1. The van der Waals surface area contributed by atoms with Crippen molar-refractivity contribution in [1.29, 1.82) is 0 Å². The first-order valence-electron chi connectivity index (χ1n) is 6.40. The van der Waals surface area contributed by atoms with E-state index in [0.717, 1.165) is 23.4 Å². The summed E-state index contributed by atoms with van der Waals surface area (Å²) in [6, 6.07) is 0. The number of H-pyrrole nitrogens is 1. The van der Waals surface area contributed by atoms with Crippen molar-refractivity contribution in [2.24, 2.45) is 0 Å². The summed E-state index contributed by atoms with van der Waals surface area (Å²) in [7, 11) is 0. The van der Waals surface area contributed by atoms with Gasteiger partial charge in [-0.1, -0.05) is 6.92 Å². The van der Waals surface area contributed by atoms with Gasteiger partial charge >= 0.3 is 0 Å². The lowest BCUT2D eigenvalue weighted by molar-refractivity contribution is 0.241. The van der Waals surface area contributed by atoms with Crippen LogP contribution in [0.3, 0.4) is 0 Å². The third-order valence-electron chi connectivity index (χ3n) is 3.28. The van der Waals surface area contributed by atoms with Crippen LogP contribution in [-0.2, 0) is 26.1 Å². The summed E-state index contributed by atoms with van der Waals surface area (Å²) in [6.07, 6.45) is 2.60. The fourth-order valence-electron chi connectivity index (χ4n) is 2.34. The SMILES string of the molecule is CCc1cnc(CN2Cc3nc(C)[nH]c(=O)c3C2)o1. The van der Waals surface area contributed by atoms with Crippen LogP contribution in [0.4, 0.5) is 0 Å². The Hall–Kier alpha value is -1.95. The van der Waals surface area contributed by atoms with Gasteiger partial charge in [0.15, 0.2) is 0 Å². The van der Waals surface area contributed by atoms with Crippen molar-refractivity contribution in [1.82, 2.24) is 19.9 Å². The standard InChI is InChI=1S/C13H16N4O2/c1-3-9-4-14-12(19-9)7-17-5-10-11(6-17)15-8(2)16-13(10)18/h4H,3,5-7H2,1-2H3,(H,15,16,18). The summed E-state index contributed by atoms with van der Waals surface area (Å²) in [5.74, 6) is 2.24. The predicted octanol–water partition coefficient (Wildman–Crippen LogP) is 1.14. The van der Waals surface area contributed by atoms with Gasteiger partial charge in [0.05, 0.1) is 24.0 Å². The van der Waals surface area contributed by atoms with Crippen LogP contribution in [0.2, 0.25) is 0 Å². The molecule has 0 spiro atoms. The van der Waals surface area contributed by atoms with Gasteiger partial charge < -0.3 is 9.40 Å². The highest BCUT2D eigenvalue weighted by atomic mass is 16.4. The third-order valence-corrected chi connectivity index (χ3v) is 3.28. The smallest absolute Gasteiger partial charge is 0.255 e. The maximum atomic E-state index is 11.8. The molecule has 19 heavy (non-hydrogen) atoms. The lowest BCUT2D eigenvalue weighted by Gasteiger charge is -2.10. The second kappa shape index (κ2) is 4.62. The van der Waals surface area contributed by atoms with E-state index in [-0.39, 0.29) is 5.56 Å². The van der Waals surface area contributed by atoms with Crippen molar-refractivity contribution < 1.29 is 4.42 Å². The summed E-state index contributed by atoms with van der Waals surface area (Å²) in [5, 5.41) is 0. The van der Waals surface area contributed by atoms with Crippen LogP contribution in [-0.4, -0.2) is 19.9 Å². The van der Waals surface area contributed by atoms with Crippen molar-refractivity contribution >= 4 is 0 Å². The molecule has 0 aromatic carbocycles. The molecule has 6 heteroatoms. The Labute approximate surface area is 110 Å². The Kier molecular flexibility index (Phi) is 2.94. The molecule has 0 bridgehead atoms. The molecule has 3 rings (SSSR count). The Morgan fingerprint density at radius 2 is 2.32 bits per heavy atom. The molecule has 6 nitrogen and oxygen atoms in total. The van der Waals surface area contributed by atoms with E-state index < -0.39 is 0 Å². The van der Waals surface area contributed by atoms with Crippen molar-refractivity contribution in [3.63, 3.8) is 0 Å². The monoisotopic (exact) mass is 260 g/mol. The third kappa shape index (κ3) is 2.31. The predicted molar refractivity (Wildman–Crippen MR) is 68.4 cm³/mol. The molecule has 0 atom stereocenters. The second-order valence-electron chi connectivity index (χ2n) is 4.80. The highest BCUT2D eigenvalue weighted by Crippen LogP contribution is 2.20. The lowest BCUT2D eigenvalue weighted by atomic mass is 10.3. The van der Waals surface area contributed by atoms with Gasteiger partial charge in [-0.25, -0.2) is 9.97 Å². The minimum absolute atomic E-state index is 0.0355. The van der Waals surface area contributed by atoms with Crippen LogP contribution in [0.25, 0.3) is 0 Å². The van der Waals surface area contributed by atoms with Crippen LogP contribution >= 0.6 is 0 Å². The zero-order chi connectivity index (χ0) is 13.4. The largest absolute Gasteiger partial charge is 0.444 e. The van der Waals surface area contributed by atoms with E-state index >= 15 is 0 Å². The Balaban J connectivity index is 1.77. The molecule has 0 saturated heterocycles. The molecule has 2 aromatic rings. The molecular formula is C13H16N4O2. The van der Waals surface area contributed by atoms with Crippen LogP contribution < -0.4 is 5.56 Å². The quantitative estimate of drug-likeness (QED) is 0.895. The number of aromatic nitrogens is 3. The molecule has 2 aromatic heterocycles. The molecule has 0 fully saturated rings. The van der Waals surface area contributed by atoms with E-state index in [1.54, 1.807) is 13.1 Å². The molecule has 3 heterocycles. The fourth-order valence-corrected chi connectivity index (χ4v) is 2.34. The van der Waals surface area contributed by atoms with Crippen molar-refractivity contribution in [3.05, 3.63) is 45.3 Å².